The van der Waals surface area contributed by atoms with Crippen molar-refractivity contribution in [2.45, 2.75) is 6.92 Å². The van der Waals surface area contributed by atoms with Gasteiger partial charge >= 0.3 is 0 Å². The van der Waals surface area contributed by atoms with Gasteiger partial charge in [-0.05, 0) is 19.1 Å². The van der Waals surface area contributed by atoms with Crippen molar-refractivity contribution in [1.82, 2.24) is 9.71 Å². The van der Waals surface area contributed by atoms with Gasteiger partial charge in [-0.1, -0.05) is 0 Å². The zero-order valence-electron chi connectivity index (χ0n) is 8.30. The summed E-state index contributed by atoms with van der Waals surface area (Å²) in [6, 6.07) is 3.49. The van der Waals surface area contributed by atoms with E-state index in [2.05, 4.69) is 4.98 Å². The lowest BCUT2D eigenvalue weighted by molar-refractivity contribution is 0.0995. The molecule has 5 heteroatoms. The highest BCUT2D eigenvalue weighted by Crippen LogP contribution is 2.14. The fourth-order valence-corrected chi connectivity index (χ4v) is 1.40. The molecule has 2 aromatic rings. The summed E-state index contributed by atoms with van der Waals surface area (Å²) in [7, 11) is 0. The van der Waals surface area contributed by atoms with Crippen LogP contribution in [0, 0.1) is 0 Å². The molecule has 0 fully saturated rings. The van der Waals surface area contributed by atoms with Crippen molar-refractivity contribution in [2.24, 2.45) is 5.73 Å². The quantitative estimate of drug-likeness (QED) is 0.796. The topological polar surface area (TPSA) is 70.1 Å². The number of pyridine rings is 1. The Morgan fingerprint density at radius 1 is 1.67 bits per heavy atom. The van der Waals surface area contributed by atoms with Crippen LogP contribution in [0.2, 0.25) is 0 Å². The monoisotopic (exact) mass is 205 g/mol. The molecule has 0 radical (unpaired) electrons. The van der Waals surface area contributed by atoms with Crippen molar-refractivity contribution in [1.29, 1.82) is 0 Å². The first-order valence-corrected chi connectivity index (χ1v) is 4.62. The SMILES string of the molecule is CCOn1ccc2cc(C(N)=O)ncc21. The predicted molar refractivity (Wildman–Crippen MR) is 55.4 cm³/mol. The maximum absolute atomic E-state index is 10.9. The summed E-state index contributed by atoms with van der Waals surface area (Å²) in [4.78, 5) is 20.2. The highest BCUT2D eigenvalue weighted by Gasteiger charge is 2.06. The standard InChI is InChI=1S/C10H11N3O2/c1-2-15-13-4-3-7-5-8(10(11)14)12-6-9(7)13/h3-6H,2H2,1H3,(H2,11,14). The average Bonchev–Trinajstić information content (AvgIpc) is 2.61. The Hall–Kier alpha value is -2.04. The lowest BCUT2D eigenvalue weighted by Gasteiger charge is -2.04. The van der Waals surface area contributed by atoms with E-state index in [4.69, 9.17) is 10.6 Å². The predicted octanol–water partition coefficient (Wildman–Crippen LogP) is 0.584. The first-order chi connectivity index (χ1) is 7.22. The molecule has 15 heavy (non-hydrogen) atoms. The molecule has 0 bridgehead atoms. The minimum Gasteiger partial charge on any atom is -0.414 e. The second-order valence-electron chi connectivity index (χ2n) is 3.05. The van der Waals surface area contributed by atoms with E-state index in [0.717, 1.165) is 10.9 Å². The summed E-state index contributed by atoms with van der Waals surface area (Å²) in [6.45, 7) is 2.47. The van der Waals surface area contributed by atoms with Gasteiger partial charge in [0.1, 0.15) is 17.8 Å². The number of rotatable bonds is 3. The smallest absolute Gasteiger partial charge is 0.267 e. The molecule has 2 rings (SSSR count). The van der Waals surface area contributed by atoms with Gasteiger partial charge in [-0.15, -0.1) is 0 Å². The molecule has 0 saturated carbocycles. The van der Waals surface area contributed by atoms with Gasteiger partial charge in [-0.25, -0.2) is 4.98 Å². The van der Waals surface area contributed by atoms with E-state index in [1.807, 2.05) is 13.0 Å². The molecular formula is C10H11N3O2. The zero-order valence-corrected chi connectivity index (χ0v) is 8.30. The van der Waals surface area contributed by atoms with Gasteiger partial charge in [0.15, 0.2) is 0 Å². The third-order valence-corrected chi connectivity index (χ3v) is 2.06. The number of aromatic nitrogens is 2. The average molecular weight is 205 g/mol. The largest absolute Gasteiger partial charge is 0.414 e. The number of carbonyl (C=O) groups is 1. The van der Waals surface area contributed by atoms with Crippen LogP contribution in [0.1, 0.15) is 17.4 Å². The Morgan fingerprint density at radius 2 is 2.47 bits per heavy atom. The molecule has 2 N–H and O–H groups in total. The normalized spacial score (nSPS) is 10.5. The molecule has 0 atom stereocenters. The van der Waals surface area contributed by atoms with E-state index < -0.39 is 5.91 Å². The van der Waals surface area contributed by atoms with Crippen LogP contribution in [-0.2, 0) is 0 Å². The molecule has 0 aliphatic carbocycles. The van der Waals surface area contributed by atoms with Crippen molar-refractivity contribution in [3.63, 3.8) is 0 Å². The van der Waals surface area contributed by atoms with Crippen LogP contribution in [0.3, 0.4) is 0 Å². The minimum atomic E-state index is -0.527. The summed E-state index contributed by atoms with van der Waals surface area (Å²) in [6.07, 6.45) is 3.35. The molecule has 2 aromatic heterocycles. The van der Waals surface area contributed by atoms with E-state index in [1.165, 1.54) is 0 Å². The number of fused-ring (bicyclic) bond motifs is 1. The lowest BCUT2D eigenvalue weighted by atomic mass is 10.2. The molecule has 0 spiro atoms. The van der Waals surface area contributed by atoms with Crippen LogP contribution < -0.4 is 10.6 Å². The van der Waals surface area contributed by atoms with Crippen molar-refractivity contribution < 1.29 is 9.63 Å². The van der Waals surface area contributed by atoms with Crippen LogP contribution in [0.15, 0.2) is 24.5 Å². The Kier molecular flexibility index (Phi) is 2.29. The highest BCUT2D eigenvalue weighted by atomic mass is 16.7. The van der Waals surface area contributed by atoms with Gasteiger partial charge in [-0.3, -0.25) is 4.79 Å². The molecular weight excluding hydrogens is 194 g/mol. The fraction of sp³-hybridized carbons (Fsp3) is 0.200. The lowest BCUT2D eigenvalue weighted by Crippen LogP contribution is -2.13. The number of hydrogen-bond donors (Lipinski definition) is 1. The van der Waals surface area contributed by atoms with Crippen molar-refractivity contribution >= 4 is 16.8 Å². The van der Waals surface area contributed by atoms with Crippen LogP contribution in [0.4, 0.5) is 0 Å². The molecule has 0 saturated heterocycles. The summed E-state index contributed by atoms with van der Waals surface area (Å²) in [5.74, 6) is -0.527. The maximum Gasteiger partial charge on any atom is 0.267 e. The number of nitrogens with zero attached hydrogens (tertiary/aromatic N) is 2. The van der Waals surface area contributed by atoms with Gasteiger partial charge in [0.05, 0.1) is 6.20 Å². The molecule has 0 aliphatic rings. The molecule has 0 unspecified atom stereocenters. The summed E-state index contributed by atoms with van der Waals surface area (Å²) in [5.41, 5.74) is 6.21. The molecule has 0 aliphatic heterocycles. The van der Waals surface area contributed by atoms with Crippen LogP contribution in [0.5, 0.6) is 0 Å². The maximum atomic E-state index is 10.9. The Labute approximate surface area is 86.4 Å². The molecule has 5 nitrogen and oxygen atoms in total. The van der Waals surface area contributed by atoms with E-state index in [0.29, 0.717) is 6.61 Å². The zero-order chi connectivity index (χ0) is 10.8. The third-order valence-electron chi connectivity index (χ3n) is 2.06. The van der Waals surface area contributed by atoms with Crippen LogP contribution >= 0.6 is 0 Å². The second kappa shape index (κ2) is 3.61. The second-order valence-corrected chi connectivity index (χ2v) is 3.05. The van der Waals surface area contributed by atoms with Crippen molar-refractivity contribution in [3.8, 4) is 0 Å². The minimum absolute atomic E-state index is 0.261. The first kappa shape index (κ1) is 9.51. The third kappa shape index (κ3) is 1.63. The highest BCUT2D eigenvalue weighted by molar-refractivity contribution is 5.94. The number of hydrogen-bond acceptors (Lipinski definition) is 3. The number of carbonyl (C=O) groups excluding carboxylic acids is 1. The fourth-order valence-electron chi connectivity index (χ4n) is 1.40. The van der Waals surface area contributed by atoms with Crippen molar-refractivity contribution in [3.05, 3.63) is 30.2 Å². The Bertz CT molecular complexity index is 504. The van der Waals surface area contributed by atoms with Gasteiger partial charge < -0.3 is 10.6 Å². The van der Waals surface area contributed by atoms with Gasteiger partial charge in [-0.2, -0.15) is 4.73 Å². The van der Waals surface area contributed by atoms with E-state index >= 15 is 0 Å². The summed E-state index contributed by atoms with van der Waals surface area (Å²) < 4.78 is 1.62. The van der Waals surface area contributed by atoms with Crippen molar-refractivity contribution in [2.75, 3.05) is 6.61 Å². The molecule has 2 heterocycles. The van der Waals surface area contributed by atoms with Gasteiger partial charge in [0.25, 0.3) is 5.91 Å². The number of amides is 1. The van der Waals surface area contributed by atoms with E-state index in [-0.39, 0.29) is 5.69 Å². The molecule has 0 aromatic carbocycles. The van der Waals surface area contributed by atoms with E-state index in [1.54, 1.807) is 23.2 Å². The van der Waals surface area contributed by atoms with E-state index in [9.17, 15) is 4.79 Å². The van der Waals surface area contributed by atoms with Crippen LogP contribution in [-0.4, -0.2) is 22.2 Å². The van der Waals surface area contributed by atoms with Crippen LogP contribution in [0.25, 0.3) is 10.9 Å². The number of nitrogens with two attached hydrogens (primary N) is 1. The number of primary amides is 1. The van der Waals surface area contributed by atoms with Gasteiger partial charge in [0, 0.05) is 11.6 Å². The Morgan fingerprint density at radius 3 is 3.13 bits per heavy atom. The molecule has 78 valence electrons. The first-order valence-electron chi connectivity index (χ1n) is 4.62. The summed E-state index contributed by atoms with van der Waals surface area (Å²) >= 11 is 0. The summed E-state index contributed by atoms with van der Waals surface area (Å²) in [5, 5.41) is 0.882. The Balaban J connectivity index is 2.51. The molecule has 1 amide bonds. The van der Waals surface area contributed by atoms with Gasteiger partial charge in [0.2, 0.25) is 0 Å².